The van der Waals surface area contributed by atoms with Gasteiger partial charge in [-0.15, -0.1) is 0 Å². The van der Waals surface area contributed by atoms with Crippen LogP contribution in [0.1, 0.15) is 17.5 Å². The molecule has 0 amide bonds. The Kier molecular flexibility index (Phi) is 6.92. The molecule has 4 nitrogen and oxygen atoms in total. The first-order chi connectivity index (χ1) is 12.6. The van der Waals surface area contributed by atoms with Crippen molar-refractivity contribution in [2.24, 2.45) is 0 Å². The summed E-state index contributed by atoms with van der Waals surface area (Å²) in [6.07, 6.45) is 1.16. The Morgan fingerprint density at radius 2 is 1.96 bits per heavy atom. The van der Waals surface area contributed by atoms with Crippen molar-refractivity contribution in [2.45, 2.75) is 19.9 Å². The predicted octanol–water partition coefficient (Wildman–Crippen LogP) is 3.71. The molecule has 140 valence electrons. The number of benzene rings is 2. The molecule has 0 bridgehead atoms. The fraction of sp³-hybridized carbons (Fsp3) is 0.429. The zero-order valence-corrected chi connectivity index (χ0v) is 16.2. The fourth-order valence-electron chi connectivity index (χ4n) is 3.27. The SMILES string of the molecule is Cc1cc(-c2cccc(CNCCCN3CCOCC3)c2)cc(Cl)c1N. The van der Waals surface area contributed by atoms with Gasteiger partial charge in [0.25, 0.3) is 0 Å². The Bertz CT molecular complexity index is 706. The lowest BCUT2D eigenvalue weighted by atomic mass is 10.0. The Balaban J connectivity index is 1.51. The van der Waals surface area contributed by atoms with Crippen LogP contribution in [0.3, 0.4) is 0 Å². The molecule has 0 aromatic heterocycles. The summed E-state index contributed by atoms with van der Waals surface area (Å²) >= 11 is 6.24. The number of nitrogen functional groups attached to an aromatic ring is 1. The minimum atomic E-state index is 0.617. The topological polar surface area (TPSA) is 50.5 Å². The standard InChI is InChI=1S/C21H28ClN3O/c1-16-12-19(14-20(22)21(16)23)18-5-2-4-17(13-18)15-24-6-3-7-25-8-10-26-11-9-25/h2,4-5,12-14,24H,3,6-11,15,23H2,1H3. The average Bonchev–Trinajstić information content (AvgIpc) is 2.66. The lowest BCUT2D eigenvalue weighted by Gasteiger charge is -2.26. The smallest absolute Gasteiger partial charge is 0.0644 e. The highest BCUT2D eigenvalue weighted by Gasteiger charge is 2.09. The Labute approximate surface area is 161 Å². The first-order valence-corrected chi connectivity index (χ1v) is 9.67. The monoisotopic (exact) mass is 373 g/mol. The minimum Gasteiger partial charge on any atom is -0.397 e. The average molecular weight is 374 g/mol. The number of aryl methyl sites for hydroxylation is 1. The van der Waals surface area contributed by atoms with E-state index in [1.807, 2.05) is 13.0 Å². The molecule has 0 spiro atoms. The molecule has 5 heteroatoms. The van der Waals surface area contributed by atoms with Gasteiger partial charge < -0.3 is 15.8 Å². The quantitative estimate of drug-likeness (QED) is 0.573. The van der Waals surface area contributed by atoms with Crippen molar-refractivity contribution in [3.8, 4) is 11.1 Å². The third kappa shape index (κ3) is 5.21. The van der Waals surface area contributed by atoms with Crippen molar-refractivity contribution >= 4 is 17.3 Å². The normalized spacial score (nSPS) is 15.3. The van der Waals surface area contributed by atoms with Crippen molar-refractivity contribution in [1.82, 2.24) is 10.2 Å². The number of nitrogens with two attached hydrogens (primary N) is 1. The van der Waals surface area contributed by atoms with Gasteiger partial charge in [0.1, 0.15) is 0 Å². The second kappa shape index (κ2) is 9.38. The molecule has 1 aliphatic rings. The number of nitrogens with one attached hydrogen (secondary N) is 1. The molecule has 2 aromatic rings. The summed E-state index contributed by atoms with van der Waals surface area (Å²) in [6, 6.07) is 12.6. The summed E-state index contributed by atoms with van der Waals surface area (Å²) < 4.78 is 5.38. The summed E-state index contributed by atoms with van der Waals surface area (Å²) in [5, 5.41) is 4.17. The second-order valence-electron chi connectivity index (χ2n) is 6.87. The van der Waals surface area contributed by atoms with Crippen molar-refractivity contribution in [3.05, 3.63) is 52.5 Å². The van der Waals surface area contributed by atoms with E-state index in [2.05, 4.69) is 40.5 Å². The van der Waals surface area contributed by atoms with Gasteiger partial charge in [0.15, 0.2) is 0 Å². The van der Waals surface area contributed by atoms with Gasteiger partial charge in [0.05, 0.1) is 23.9 Å². The molecular formula is C21H28ClN3O. The lowest BCUT2D eigenvalue weighted by molar-refractivity contribution is 0.0374. The molecule has 1 aliphatic heterocycles. The molecule has 2 aromatic carbocycles. The number of nitrogens with zero attached hydrogens (tertiary/aromatic N) is 1. The first-order valence-electron chi connectivity index (χ1n) is 9.29. The third-order valence-electron chi connectivity index (χ3n) is 4.86. The molecule has 0 aliphatic carbocycles. The van der Waals surface area contributed by atoms with Crippen LogP contribution in [0.15, 0.2) is 36.4 Å². The highest BCUT2D eigenvalue weighted by molar-refractivity contribution is 6.33. The largest absolute Gasteiger partial charge is 0.397 e. The van der Waals surface area contributed by atoms with Crippen LogP contribution in [0.25, 0.3) is 11.1 Å². The first kappa shape index (κ1) is 19.2. The van der Waals surface area contributed by atoms with Crippen molar-refractivity contribution < 1.29 is 4.74 Å². The van der Waals surface area contributed by atoms with Crippen LogP contribution in [0, 0.1) is 6.92 Å². The van der Waals surface area contributed by atoms with Crippen LogP contribution in [0.5, 0.6) is 0 Å². The van der Waals surface area contributed by atoms with Crippen LogP contribution < -0.4 is 11.1 Å². The molecule has 0 saturated carbocycles. The van der Waals surface area contributed by atoms with E-state index in [9.17, 15) is 0 Å². The summed E-state index contributed by atoms with van der Waals surface area (Å²) in [5.41, 5.74) is 11.2. The van der Waals surface area contributed by atoms with Gasteiger partial charge in [0.2, 0.25) is 0 Å². The molecule has 26 heavy (non-hydrogen) atoms. The predicted molar refractivity (Wildman–Crippen MR) is 110 cm³/mol. The van der Waals surface area contributed by atoms with E-state index < -0.39 is 0 Å². The van der Waals surface area contributed by atoms with Crippen LogP contribution in [-0.2, 0) is 11.3 Å². The molecule has 1 heterocycles. The number of hydrogen-bond donors (Lipinski definition) is 2. The molecule has 1 fully saturated rings. The van der Waals surface area contributed by atoms with E-state index in [1.165, 1.54) is 11.1 Å². The van der Waals surface area contributed by atoms with Gasteiger partial charge in [0, 0.05) is 19.6 Å². The van der Waals surface area contributed by atoms with E-state index in [1.54, 1.807) is 0 Å². The van der Waals surface area contributed by atoms with Gasteiger partial charge in [-0.3, -0.25) is 4.90 Å². The number of ether oxygens (including phenoxy) is 1. The molecule has 0 unspecified atom stereocenters. The highest BCUT2D eigenvalue weighted by atomic mass is 35.5. The summed E-state index contributed by atoms with van der Waals surface area (Å²) in [5.74, 6) is 0. The maximum Gasteiger partial charge on any atom is 0.0644 e. The van der Waals surface area contributed by atoms with E-state index in [0.717, 1.165) is 63.5 Å². The van der Waals surface area contributed by atoms with Crippen molar-refractivity contribution in [2.75, 3.05) is 45.1 Å². The van der Waals surface area contributed by atoms with E-state index in [-0.39, 0.29) is 0 Å². The Morgan fingerprint density at radius 3 is 2.73 bits per heavy atom. The summed E-state index contributed by atoms with van der Waals surface area (Å²) in [6.45, 7) is 8.89. The van der Waals surface area contributed by atoms with Gasteiger partial charge in [-0.1, -0.05) is 29.8 Å². The number of rotatable bonds is 7. The number of anilines is 1. The van der Waals surface area contributed by atoms with Crippen molar-refractivity contribution in [1.29, 1.82) is 0 Å². The van der Waals surface area contributed by atoms with Crippen LogP contribution in [0.2, 0.25) is 5.02 Å². The van der Waals surface area contributed by atoms with Gasteiger partial charge in [-0.05, 0) is 66.9 Å². The third-order valence-corrected chi connectivity index (χ3v) is 5.17. The highest BCUT2D eigenvalue weighted by Crippen LogP contribution is 2.30. The zero-order valence-electron chi connectivity index (χ0n) is 15.4. The zero-order chi connectivity index (χ0) is 18.4. The minimum absolute atomic E-state index is 0.617. The van der Waals surface area contributed by atoms with Gasteiger partial charge >= 0.3 is 0 Å². The molecular weight excluding hydrogens is 346 g/mol. The number of halogens is 1. The lowest BCUT2D eigenvalue weighted by Crippen LogP contribution is -2.37. The van der Waals surface area contributed by atoms with Gasteiger partial charge in [-0.2, -0.15) is 0 Å². The second-order valence-corrected chi connectivity index (χ2v) is 7.28. The van der Waals surface area contributed by atoms with Crippen LogP contribution >= 0.6 is 11.6 Å². The molecule has 3 rings (SSSR count). The molecule has 3 N–H and O–H groups in total. The number of morpholine rings is 1. The van der Waals surface area contributed by atoms with E-state index in [4.69, 9.17) is 22.1 Å². The Morgan fingerprint density at radius 1 is 1.15 bits per heavy atom. The Hall–Kier alpha value is -1.59. The van der Waals surface area contributed by atoms with E-state index >= 15 is 0 Å². The molecule has 0 radical (unpaired) electrons. The van der Waals surface area contributed by atoms with Crippen molar-refractivity contribution in [3.63, 3.8) is 0 Å². The van der Waals surface area contributed by atoms with Crippen LogP contribution in [0.4, 0.5) is 5.69 Å². The molecule has 1 saturated heterocycles. The maximum absolute atomic E-state index is 6.24. The van der Waals surface area contributed by atoms with E-state index in [0.29, 0.717) is 10.7 Å². The summed E-state index contributed by atoms with van der Waals surface area (Å²) in [7, 11) is 0. The maximum atomic E-state index is 6.24. The van der Waals surface area contributed by atoms with Crippen LogP contribution in [-0.4, -0.2) is 44.3 Å². The molecule has 0 atom stereocenters. The fourth-order valence-corrected chi connectivity index (χ4v) is 3.53. The van der Waals surface area contributed by atoms with Gasteiger partial charge in [-0.25, -0.2) is 0 Å². The summed E-state index contributed by atoms with van der Waals surface area (Å²) in [4.78, 5) is 2.47. The number of hydrogen-bond acceptors (Lipinski definition) is 4.